The zero-order chi connectivity index (χ0) is 35.3. The normalized spacial score (nSPS) is 14.0. The number of aromatic nitrogens is 1. The van der Waals surface area contributed by atoms with Crippen molar-refractivity contribution in [2.24, 2.45) is 0 Å². The van der Waals surface area contributed by atoms with Gasteiger partial charge in [-0.25, -0.2) is 0 Å². The summed E-state index contributed by atoms with van der Waals surface area (Å²) in [5, 5.41) is 0. The van der Waals surface area contributed by atoms with E-state index in [2.05, 4.69) is 197 Å². The summed E-state index contributed by atoms with van der Waals surface area (Å²) < 4.78 is 8.75. The molecule has 0 unspecified atom stereocenters. The van der Waals surface area contributed by atoms with Crippen molar-refractivity contribution < 1.29 is 0 Å². The SMILES string of the molecule is c1ccc(N2c3c[c]4c(n[c]3[Ga]3[c]5ccccc5Sc5cccc2[c]53)N(c2ccccc2)c2cccc3[c]2[Ga]4[c]2ccccc2N3c2ccccc2)cc1. The van der Waals surface area contributed by atoms with Gasteiger partial charge >= 0.3 is 332 Å². The van der Waals surface area contributed by atoms with Crippen LogP contribution in [0.5, 0.6) is 0 Å². The summed E-state index contributed by atoms with van der Waals surface area (Å²) in [5.41, 5.74) is 9.95. The van der Waals surface area contributed by atoms with Gasteiger partial charge in [-0.15, -0.1) is 0 Å². The van der Waals surface area contributed by atoms with Gasteiger partial charge in [-0.2, -0.15) is 0 Å². The number of hydrogen-bond acceptors (Lipinski definition) is 5. The van der Waals surface area contributed by atoms with E-state index in [0.717, 1.165) is 11.5 Å². The number of fused-ring (bicyclic) bond motifs is 8. The molecule has 8 aromatic rings. The predicted octanol–water partition coefficient (Wildman–Crippen LogP) is 7.93. The van der Waals surface area contributed by atoms with Gasteiger partial charge in [0.25, 0.3) is 0 Å². The summed E-state index contributed by atoms with van der Waals surface area (Å²) in [5.74, 6) is 1.12. The number of pyridine rings is 1. The topological polar surface area (TPSA) is 22.6 Å². The molecule has 250 valence electrons. The molecule has 0 atom stereocenters. The third-order valence-electron chi connectivity index (χ3n) is 11.5. The quantitative estimate of drug-likeness (QED) is 0.169. The second kappa shape index (κ2) is 12.1. The number of para-hydroxylation sites is 4. The monoisotopic (exact) mass is 820 g/mol. The number of nitrogens with zero attached hydrogens (tertiary/aromatic N) is 4. The Morgan fingerprint density at radius 1 is 0.370 bits per heavy atom. The number of benzene rings is 7. The molecule has 0 bridgehead atoms. The van der Waals surface area contributed by atoms with Crippen LogP contribution in [-0.4, -0.2) is 37.4 Å². The first-order chi connectivity index (χ1) is 26.8. The van der Waals surface area contributed by atoms with Crippen molar-refractivity contribution in [2.45, 2.75) is 9.79 Å². The molecule has 7 heteroatoms. The van der Waals surface area contributed by atoms with Crippen molar-refractivity contribution in [3.8, 4) is 0 Å². The van der Waals surface area contributed by atoms with Crippen LogP contribution < -0.4 is 39.5 Å². The van der Waals surface area contributed by atoms with E-state index in [-0.39, 0.29) is 0 Å². The van der Waals surface area contributed by atoms with Gasteiger partial charge in [0.2, 0.25) is 0 Å². The zero-order valence-corrected chi connectivity index (χ0v) is 34.8. The molecule has 7 aromatic carbocycles. The fourth-order valence-corrected chi connectivity index (χ4v) is 26.6. The summed E-state index contributed by atoms with van der Waals surface area (Å²) in [6, 6.07) is 67.7. The van der Waals surface area contributed by atoms with Crippen LogP contribution in [0.2, 0.25) is 0 Å². The van der Waals surface area contributed by atoms with E-state index in [4.69, 9.17) is 4.98 Å². The van der Waals surface area contributed by atoms with Crippen LogP contribution >= 0.6 is 11.8 Å². The Kier molecular flexibility index (Phi) is 6.98. The van der Waals surface area contributed by atoms with Crippen LogP contribution in [0, 0.1) is 0 Å². The number of anilines is 9. The van der Waals surface area contributed by atoms with Gasteiger partial charge in [0.1, 0.15) is 0 Å². The molecule has 0 saturated carbocycles. The molecular weight excluding hydrogens is 792 g/mol. The van der Waals surface area contributed by atoms with Gasteiger partial charge in [0, 0.05) is 0 Å². The van der Waals surface area contributed by atoms with E-state index in [1.54, 1.807) is 0 Å². The molecule has 5 heterocycles. The maximum absolute atomic E-state index is 6.10. The Balaban J connectivity index is 1.20. The van der Waals surface area contributed by atoms with E-state index in [9.17, 15) is 0 Å². The third-order valence-corrected chi connectivity index (χ3v) is 27.4. The van der Waals surface area contributed by atoms with Crippen molar-refractivity contribution in [1.82, 2.24) is 4.98 Å². The Morgan fingerprint density at radius 3 is 1.57 bits per heavy atom. The van der Waals surface area contributed by atoms with Gasteiger partial charge < -0.3 is 0 Å². The Labute approximate surface area is 329 Å². The predicted molar refractivity (Wildman–Crippen MR) is 228 cm³/mol. The minimum absolute atomic E-state index is 1.12. The fourth-order valence-electron chi connectivity index (χ4n) is 9.34. The molecule has 0 fully saturated rings. The molecule has 0 N–H and O–H groups in total. The molecule has 54 heavy (non-hydrogen) atoms. The molecule has 12 rings (SSSR count). The second-order valence-corrected chi connectivity index (χ2v) is 26.5. The zero-order valence-electron chi connectivity index (χ0n) is 29.2. The van der Waals surface area contributed by atoms with E-state index < -0.39 is 32.4 Å². The van der Waals surface area contributed by atoms with Crippen LogP contribution in [0.3, 0.4) is 0 Å². The molecule has 4 aliphatic heterocycles. The van der Waals surface area contributed by atoms with Gasteiger partial charge in [-0.1, -0.05) is 0 Å². The first-order valence-corrected chi connectivity index (χ1v) is 26.6. The minimum atomic E-state index is -2.81. The van der Waals surface area contributed by atoms with Crippen molar-refractivity contribution in [3.05, 3.63) is 182 Å². The first-order valence-electron chi connectivity index (χ1n) is 18.6. The molecule has 4 aliphatic rings. The Hall–Kier alpha value is -5.29. The van der Waals surface area contributed by atoms with Gasteiger partial charge in [0.15, 0.2) is 0 Å². The molecule has 1 aromatic heterocycles. The second-order valence-electron chi connectivity index (χ2n) is 14.3. The first kappa shape index (κ1) is 31.1. The van der Waals surface area contributed by atoms with Crippen LogP contribution in [0.15, 0.2) is 192 Å². The molecule has 0 aliphatic carbocycles. The van der Waals surface area contributed by atoms with Crippen molar-refractivity contribution in [2.75, 3.05) is 14.7 Å². The van der Waals surface area contributed by atoms with Crippen molar-refractivity contribution >= 4 is 120 Å². The van der Waals surface area contributed by atoms with Crippen LogP contribution in [-0.2, 0) is 0 Å². The number of rotatable bonds is 3. The van der Waals surface area contributed by atoms with E-state index >= 15 is 0 Å². The summed E-state index contributed by atoms with van der Waals surface area (Å²) in [7, 11) is 0. The average molecular weight is 822 g/mol. The Morgan fingerprint density at radius 2 is 0.870 bits per heavy atom. The molecular formula is C47H30Ga2N4S. The van der Waals surface area contributed by atoms with Crippen molar-refractivity contribution in [1.29, 1.82) is 0 Å². The van der Waals surface area contributed by atoms with Crippen LogP contribution in [0.4, 0.5) is 51.3 Å². The molecule has 4 nitrogen and oxygen atoms in total. The molecule has 0 saturated heterocycles. The van der Waals surface area contributed by atoms with E-state index in [1.807, 2.05) is 11.8 Å². The van der Waals surface area contributed by atoms with E-state index in [1.165, 1.54) is 74.4 Å². The van der Waals surface area contributed by atoms with Crippen LogP contribution in [0.25, 0.3) is 0 Å². The summed E-state index contributed by atoms with van der Waals surface area (Å²) in [6.45, 7) is 0. The standard InChI is InChI=1S/C47H30N4S.2Ga/c1-6-18-37(19-7-1)49(38-20-8-2-9-21-38)41-26-16-27-42(34-41)51(40-24-12-4-13-25-40)47-33-32-44(36-48-47)50(39-22-10-3-11-23-39)43-28-17-31-46(35-43)52-45-29-14-5-15-30-45;;/h1-20,22-29,31-32H;;. The van der Waals surface area contributed by atoms with Gasteiger partial charge in [-0.3, -0.25) is 0 Å². The fraction of sp³-hybridized carbons (Fsp3) is 0. The average Bonchev–Trinajstić information content (AvgIpc) is 3.24. The van der Waals surface area contributed by atoms with E-state index in [0.29, 0.717) is 0 Å². The third kappa shape index (κ3) is 4.41. The number of hydrogen-bond donors (Lipinski definition) is 0. The summed E-state index contributed by atoms with van der Waals surface area (Å²) in [6.07, 6.45) is 0. The molecule has 0 amide bonds. The maximum atomic E-state index is 6.10. The molecule has 0 spiro atoms. The van der Waals surface area contributed by atoms with Crippen molar-refractivity contribution in [3.63, 3.8) is 0 Å². The van der Waals surface area contributed by atoms with Gasteiger partial charge in [0.05, 0.1) is 0 Å². The van der Waals surface area contributed by atoms with Gasteiger partial charge in [-0.05, 0) is 0 Å². The molecule has 0 radical (unpaired) electrons. The van der Waals surface area contributed by atoms with Crippen LogP contribution in [0.1, 0.15) is 0 Å². The Bertz CT molecular complexity index is 2800. The summed E-state index contributed by atoms with van der Waals surface area (Å²) >= 11 is -3.58. The summed E-state index contributed by atoms with van der Waals surface area (Å²) in [4.78, 5) is 16.4.